The topological polar surface area (TPSA) is 48.3 Å². The summed E-state index contributed by atoms with van der Waals surface area (Å²) in [5, 5.41) is 5.06. The molecule has 9 rings (SSSR count). The Bertz CT molecular complexity index is 2180. The van der Waals surface area contributed by atoms with E-state index >= 15 is 0 Å². The summed E-state index contributed by atoms with van der Waals surface area (Å²) >= 11 is 0. The SMILES string of the molecule is [Pt].[c-]1c(Oc2ccc3c(n2)B2[N-]c4ccccc4N2c2ccccc2-3)cccc1-n1[c-][n+](-c2ccccc2)c2ccccc21. The van der Waals surface area contributed by atoms with Crippen LogP contribution in [0.3, 0.4) is 0 Å². The summed E-state index contributed by atoms with van der Waals surface area (Å²) in [4.78, 5) is 7.30. The molecule has 0 fully saturated rings. The Morgan fingerprint density at radius 2 is 1.48 bits per heavy atom. The monoisotopic (exact) mass is 746 g/mol. The molecule has 5 aromatic carbocycles. The van der Waals surface area contributed by atoms with E-state index in [2.05, 4.69) is 94.6 Å². The van der Waals surface area contributed by atoms with Crippen molar-refractivity contribution in [2.75, 3.05) is 4.81 Å². The molecule has 0 saturated carbocycles. The maximum absolute atomic E-state index is 6.36. The number of fused-ring (bicyclic) bond motifs is 9. The van der Waals surface area contributed by atoms with Crippen molar-refractivity contribution in [3.8, 4) is 34.1 Å². The third-order valence-corrected chi connectivity index (χ3v) is 8.03. The molecule has 0 spiro atoms. The second-order valence-electron chi connectivity index (χ2n) is 10.6. The van der Waals surface area contributed by atoms with Crippen molar-refractivity contribution in [1.29, 1.82) is 0 Å². The van der Waals surface area contributed by atoms with Gasteiger partial charge in [0.25, 0.3) is 6.33 Å². The van der Waals surface area contributed by atoms with Gasteiger partial charge in [-0.05, 0) is 41.6 Å². The fourth-order valence-electron chi connectivity index (χ4n) is 6.14. The standard InChI is InChI=1S/C36H22BN5O.Pt/c1-2-11-25(12-3-1)40-24-41(34-20-9-8-19-33(34)40)26-13-10-14-27(23-26)43-35-22-21-29-28-15-4-6-17-31(28)42-32-18-7-5-16-30(32)39-37(42)36(29)38-35;/h1-22H;/q-2;. The second-order valence-corrected chi connectivity index (χ2v) is 10.6. The zero-order valence-corrected chi connectivity index (χ0v) is 25.5. The number of para-hydroxylation sites is 5. The smallest absolute Gasteiger partial charge is 0.268 e. The van der Waals surface area contributed by atoms with Crippen molar-refractivity contribution in [3.05, 3.63) is 151 Å². The van der Waals surface area contributed by atoms with Crippen molar-refractivity contribution in [2.45, 2.75) is 0 Å². The maximum atomic E-state index is 6.36. The average molecular weight is 746 g/mol. The number of hydrogen-bond donors (Lipinski definition) is 0. The zero-order valence-electron chi connectivity index (χ0n) is 23.2. The minimum atomic E-state index is -0.254. The first-order valence-electron chi connectivity index (χ1n) is 14.2. The van der Waals surface area contributed by atoms with Gasteiger partial charge in [-0.25, -0.2) is 4.98 Å². The maximum Gasteiger partial charge on any atom is 0.268 e. The zero-order chi connectivity index (χ0) is 28.3. The van der Waals surface area contributed by atoms with Crippen LogP contribution in [0.5, 0.6) is 11.6 Å². The van der Waals surface area contributed by atoms with Gasteiger partial charge in [-0.2, -0.15) is 12.1 Å². The van der Waals surface area contributed by atoms with Crippen LogP contribution < -0.4 is 19.7 Å². The molecule has 44 heavy (non-hydrogen) atoms. The Balaban J connectivity index is 0.00000289. The molecule has 6 nitrogen and oxygen atoms in total. The van der Waals surface area contributed by atoms with Crippen LogP contribution in [-0.2, 0) is 21.1 Å². The van der Waals surface area contributed by atoms with E-state index in [1.165, 1.54) is 0 Å². The minimum Gasteiger partial charge on any atom is -0.681 e. The molecule has 0 N–H and O–H groups in total. The third kappa shape index (κ3) is 4.15. The van der Waals surface area contributed by atoms with Crippen LogP contribution in [0.1, 0.15) is 0 Å². The van der Waals surface area contributed by atoms with E-state index in [0.29, 0.717) is 11.6 Å². The predicted molar refractivity (Wildman–Crippen MR) is 169 cm³/mol. The molecule has 0 saturated heterocycles. The minimum absolute atomic E-state index is 0. The van der Waals surface area contributed by atoms with E-state index in [4.69, 9.17) is 14.9 Å². The Labute approximate surface area is 269 Å². The fraction of sp³-hybridized carbons (Fsp3) is 0. The van der Waals surface area contributed by atoms with E-state index in [1.807, 2.05) is 65.2 Å². The largest absolute Gasteiger partial charge is 0.681 e. The molecule has 4 heterocycles. The van der Waals surface area contributed by atoms with Crippen molar-refractivity contribution in [2.24, 2.45) is 0 Å². The van der Waals surface area contributed by atoms with Crippen molar-refractivity contribution < 1.29 is 30.4 Å². The molecule has 2 aliphatic rings. The first-order chi connectivity index (χ1) is 21.3. The summed E-state index contributed by atoms with van der Waals surface area (Å²) in [7, 11) is 0. The normalized spacial score (nSPS) is 12.5. The quantitative estimate of drug-likeness (QED) is 0.109. The predicted octanol–water partition coefficient (Wildman–Crippen LogP) is 7.23. The fourth-order valence-corrected chi connectivity index (χ4v) is 6.14. The number of imidazole rings is 1. The molecule has 0 bridgehead atoms. The van der Waals surface area contributed by atoms with Crippen LogP contribution in [0.2, 0.25) is 0 Å². The molecule has 2 aromatic heterocycles. The van der Waals surface area contributed by atoms with Gasteiger partial charge in [-0.15, -0.1) is 17.8 Å². The van der Waals surface area contributed by atoms with Crippen LogP contribution in [0, 0.1) is 12.4 Å². The summed E-state index contributed by atoms with van der Waals surface area (Å²) < 4.78 is 10.4. The van der Waals surface area contributed by atoms with E-state index in [9.17, 15) is 0 Å². The Morgan fingerprint density at radius 1 is 0.705 bits per heavy atom. The summed E-state index contributed by atoms with van der Waals surface area (Å²) in [6.07, 6.45) is 3.51. The van der Waals surface area contributed by atoms with Gasteiger partial charge in [-0.1, -0.05) is 78.9 Å². The van der Waals surface area contributed by atoms with Gasteiger partial charge in [0.2, 0.25) is 12.9 Å². The molecule has 7 aromatic rings. The molecule has 0 radical (unpaired) electrons. The van der Waals surface area contributed by atoms with Crippen LogP contribution in [-0.4, -0.2) is 16.5 Å². The number of pyridine rings is 1. The summed E-state index contributed by atoms with van der Waals surface area (Å²) in [6, 6.07) is 48.5. The van der Waals surface area contributed by atoms with Gasteiger partial charge in [0.15, 0.2) is 0 Å². The molecule has 0 amide bonds. The number of benzene rings is 5. The third-order valence-electron chi connectivity index (χ3n) is 8.03. The second kappa shape index (κ2) is 10.5. The first kappa shape index (κ1) is 26.5. The van der Waals surface area contributed by atoms with Crippen molar-refractivity contribution in [1.82, 2.24) is 9.55 Å². The van der Waals surface area contributed by atoms with Crippen molar-refractivity contribution >= 4 is 40.7 Å². The van der Waals surface area contributed by atoms with Crippen molar-refractivity contribution in [3.63, 3.8) is 0 Å². The number of anilines is 2. The molecule has 8 heteroatoms. The molecule has 0 atom stereocenters. The molecular formula is C36H22BN5OPt-2. The summed E-state index contributed by atoms with van der Waals surface area (Å²) in [5.74, 6) is 1.07. The molecule has 0 aliphatic carbocycles. The number of ether oxygens (including phenoxy) is 1. The van der Waals surface area contributed by atoms with Gasteiger partial charge in [0.05, 0.1) is 16.7 Å². The number of aromatic nitrogens is 3. The number of rotatable bonds is 4. The van der Waals surface area contributed by atoms with E-state index < -0.39 is 0 Å². The van der Waals surface area contributed by atoms with E-state index in [-0.39, 0.29) is 28.0 Å². The Kier molecular flexibility index (Phi) is 6.35. The Morgan fingerprint density at radius 3 is 2.39 bits per heavy atom. The molecular weight excluding hydrogens is 724 g/mol. The summed E-state index contributed by atoms with van der Waals surface area (Å²) in [6.45, 7) is -0.254. The number of nitrogens with zero attached hydrogens (tertiary/aromatic N) is 5. The first-order valence-corrected chi connectivity index (χ1v) is 14.2. The van der Waals surface area contributed by atoms with Gasteiger partial charge in [0.1, 0.15) is 0 Å². The van der Waals surface area contributed by atoms with Gasteiger partial charge >= 0.3 is 0 Å². The van der Waals surface area contributed by atoms with Crippen LogP contribution in [0.15, 0.2) is 133 Å². The van der Waals surface area contributed by atoms with Gasteiger partial charge in [-0.3, -0.25) is 4.57 Å². The van der Waals surface area contributed by atoms with Crippen LogP contribution >= 0.6 is 0 Å². The summed E-state index contributed by atoms with van der Waals surface area (Å²) in [5.41, 5.74) is 10.2. The number of hydrogen-bond acceptors (Lipinski definition) is 3. The van der Waals surface area contributed by atoms with Gasteiger partial charge in [0, 0.05) is 55.4 Å². The van der Waals surface area contributed by atoms with Crippen LogP contribution in [0.25, 0.3) is 38.8 Å². The Hall–Kier alpha value is -5.13. The molecule has 212 valence electrons. The molecule has 0 unspecified atom stereocenters. The average Bonchev–Trinajstić information content (AvgIpc) is 3.65. The van der Waals surface area contributed by atoms with E-state index in [0.717, 1.165) is 56.2 Å². The van der Waals surface area contributed by atoms with E-state index in [1.54, 1.807) is 0 Å². The molecule has 2 aliphatic heterocycles. The van der Waals surface area contributed by atoms with Crippen LogP contribution in [0.4, 0.5) is 17.1 Å². The van der Waals surface area contributed by atoms with Gasteiger partial charge < -0.3 is 19.3 Å².